The van der Waals surface area contributed by atoms with Gasteiger partial charge in [0.05, 0.1) is 24.8 Å². The van der Waals surface area contributed by atoms with Gasteiger partial charge in [0.2, 0.25) is 5.91 Å². The molecule has 0 aromatic rings. The van der Waals surface area contributed by atoms with Crippen LogP contribution in [0.25, 0.3) is 0 Å². The van der Waals surface area contributed by atoms with Crippen LogP contribution in [0.1, 0.15) is 90.4 Å². The van der Waals surface area contributed by atoms with Crippen LogP contribution in [-0.4, -0.2) is 34.9 Å². The quantitative estimate of drug-likeness (QED) is 0.268. The van der Waals surface area contributed by atoms with E-state index in [-0.39, 0.29) is 13.0 Å². The molecule has 5 nitrogen and oxygen atoms in total. The number of hydrogen-bond acceptors (Lipinski definition) is 4. The van der Waals surface area contributed by atoms with Gasteiger partial charge in [0.15, 0.2) is 0 Å². The molecule has 0 aliphatic rings. The summed E-state index contributed by atoms with van der Waals surface area (Å²) in [5, 5.41) is 30.1. The maximum atomic E-state index is 11.3. The predicted molar refractivity (Wildman–Crippen MR) is 105 cm³/mol. The molecule has 0 saturated carbocycles. The van der Waals surface area contributed by atoms with Gasteiger partial charge in [0, 0.05) is 0 Å². The molecule has 0 aromatic heterocycles. The molecule has 0 heterocycles. The summed E-state index contributed by atoms with van der Waals surface area (Å²) in [4.78, 5) is 11.3. The molecule has 2 atom stereocenters. The Kier molecular flexibility index (Phi) is 17.4. The van der Waals surface area contributed by atoms with E-state index in [0.29, 0.717) is 0 Å². The summed E-state index contributed by atoms with van der Waals surface area (Å²) in [5.41, 5.74) is 0. The zero-order chi connectivity index (χ0) is 19.5. The summed E-state index contributed by atoms with van der Waals surface area (Å²) >= 11 is 0. The molecule has 0 aliphatic carbocycles. The van der Waals surface area contributed by atoms with E-state index in [9.17, 15) is 15.0 Å². The molecule has 0 aliphatic heterocycles. The number of aliphatic hydroxyl groups excluding tert-OH is 2. The van der Waals surface area contributed by atoms with E-state index in [4.69, 9.17) is 5.26 Å². The van der Waals surface area contributed by atoms with E-state index >= 15 is 0 Å². The Labute approximate surface area is 159 Å². The minimum atomic E-state index is -0.935. The Hall–Kier alpha value is -1.38. The molecule has 0 radical (unpaired) electrons. The average molecular weight is 367 g/mol. The molecule has 1 amide bonds. The fraction of sp³-hybridized carbons (Fsp3) is 0.810. The SMILES string of the molecule is CCCCCCCCCCCCC/C=C/[C@@H](O)[C@H](CO)NC(=O)CC#N. The molecule has 0 fully saturated rings. The molecule has 5 heteroatoms. The maximum absolute atomic E-state index is 11.3. The standard InChI is InChI=1S/C21H38N2O3/c1-2-3-4-5-6-7-8-9-10-11-12-13-14-15-20(25)19(18-24)23-21(26)16-17-22/h14-15,19-20,24-25H,2-13,16,18H2,1H3,(H,23,26)/b15-14+/t19-,20+/m0/s1. The zero-order valence-corrected chi connectivity index (χ0v) is 16.5. The summed E-state index contributed by atoms with van der Waals surface area (Å²) in [6.45, 7) is 1.89. The van der Waals surface area contributed by atoms with Crippen LogP contribution in [0.4, 0.5) is 0 Å². The summed E-state index contributed by atoms with van der Waals surface area (Å²) in [5.74, 6) is -0.482. The number of amides is 1. The van der Waals surface area contributed by atoms with Gasteiger partial charge in [0.25, 0.3) is 0 Å². The average Bonchev–Trinajstić information content (AvgIpc) is 2.63. The van der Waals surface area contributed by atoms with Gasteiger partial charge >= 0.3 is 0 Å². The molecule has 0 bridgehead atoms. The zero-order valence-electron chi connectivity index (χ0n) is 16.5. The molecule has 0 unspecified atom stereocenters. The number of unbranched alkanes of at least 4 members (excludes halogenated alkanes) is 11. The molecular formula is C21H38N2O3. The summed E-state index contributed by atoms with van der Waals surface area (Å²) in [7, 11) is 0. The predicted octanol–water partition coefficient (Wildman–Crippen LogP) is 4.00. The van der Waals surface area contributed by atoms with Crippen molar-refractivity contribution in [3.63, 3.8) is 0 Å². The molecule has 0 spiro atoms. The second-order valence-corrected chi connectivity index (χ2v) is 6.93. The van der Waals surface area contributed by atoms with Gasteiger partial charge in [-0.1, -0.05) is 83.3 Å². The van der Waals surface area contributed by atoms with Crippen molar-refractivity contribution in [2.45, 2.75) is 103 Å². The van der Waals surface area contributed by atoms with Crippen LogP contribution in [-0.2, 0) is 4.79 Å². The van der Waals surface area contributed by atoms with Crippen LogP contribution in [0.5, 0.6) is 0 Å². The van der Waals surface area contributed by atoms with E-state index in [1.807, 2.05) is 6.08 Å². The lowest BCUT2D eigenvalue weighted by Crippen LogP contribution is -2.44. The Morgan fingerprint density at radius 1 is 1.04 bits per heavy atom. The topological polar surface area (TPSA) is 93.3 Å². The van der Waals surface area contributed by atoms with Crippen LogP contribution in [0.3, 0.4) is 0 Å². The van der Waals surface area contributed by atoms with Crippen LogP contribution in [0.2, 0.25) is 0 Å². The number of nitriles is 1. The number of nitrogens with zero attached hydrogens (tertiary/aromatic N) is 1. The first-order valence-corrected chi connectivity index (χ1v) is 10.3. The second kappa shape index (κ2) is 18.4. The van der Waals surface area contributed by atoms with Crippen LogP contribution < -0.4 is 5.32 Å². The molecule has 150 valence electrons. The Balaban J connectivity index is 3.61. The largest absolute Gasteiger partial charge is 0.394 e. The summed E-state index contributed by atoms with van der Waals surface area (Å²) < 4.78 is 0. The van der Waals surface area contributed by atoms with Crippen molar-refractivity contribution >= 4 is 5.91 Å². The second-order valence-electron chi connectivity index (χ2n) is 6.93. The normalized spacial score (nSPS) is 13.5. The Bertz CT molecular complexity index is 405. The number of carbonyl (C=O) groups excluding carboxylic acids is 1. The number of aliphatic hydroxyl groups is 2. The first kappa shape index (κ1) is 24.6. The van der Waals surface area contributed by atoms with Gasteiger partial charge in [-0.25, -0.2) is 0 Å². The molecule has 0 aromatic carbocycles. The summed E-state index contributed by atoms with van der Waals surface area (Å²) in [6.07, 6.45) is 17.5. The minimum absolute atomic E-state index is 0.272. The maximum Gasteiger partial charge on any atom is 0.234 e. The van der Waals surface area contributed by atoms with Crippen LogP contribution >= 0.6 is 0 Å². The van der Waals surface area contributed by atoms with Gasteiger partial charge < -0.3 is 15.5 Å². The van der Waals surface area contributed by atoms with E-state index < -0.39 is 18.1 Å². The van der Waals surface area contributed by atoms with Gasteiger partial charge in [-0.3, -0.25) is 4.79 Å². The van der Waals surface area contributed by atoms with Crippen molar-refractivity contribution in [2.24, 2.45) is 0 Å². The fourth-order valence-electron chi connectivity index (χ4n) is 2.86. The lowest BCUT2D eigenvalue weighted by molar-refractivity contribution is -0.121. The van der Waals surface area contributed by atoms with Crippen LogP contribution in [0, 0.1) is 11.3 Å². The lowest BCUT2D eigenvalue weighted by atomic mass is 10.0. The third kappa shape index (κ3) is 14.9. The van der Waals surface area contributed by atoms with Crippen molar-refractivity contribution in [1.29, 1.82) is 5.26 Å². The van der Waals surface area contributed by atoms with E-state index in [0.717, 1.165) is 12.8 Å². The molecule has 0 saturated heterocycles. The molecule has 0 rings (SSSR count). The Morgan fingerprint density at radius 2 is 1.58 bits per heavy atom. The minimum Gasteiger partial charge on any atom is -0.394 e. The van der Waals surface area contributed by atoms with E-state index in [2.05, 4.69) is 12.2 Å². The Morgan fingerprint density at radius 3 is 2.08 bits per heavy atom. The van der Waals surface area contributed by atoms with Gasteiger partial charge in [0.1, 0.15) is 6.42 Å². The van der Waals surface area contributed by atoms with Crippen molar-refractivity contribution < 1.29 is 15.0 Å². The number of hydrogen-bond donors (Lipinski definition) is 3. The van der Waals surface area contributed by atoms with Crippen LogP contribution in [0.15, 0.2) is 12.2 Å². The number of rotatable bonds is 17. The number of carbonyl (C=O) groups is 1. The van der Waals surface area contributed by atoms with Crippen molar-refractivity contribution in [1.82, 2.24) is 5.32 Å². The highest BCUT2D eigenvalue weighted by Gasteiger charge is 2.17. The third-order valence-corrected chi connectivity index (χ3v) is 4.50. The number of nitrogens with one attached hydrogen (secondary N) is 1. The molecular weight excluding hydrogens is 328 g/mol. The smallest absolute Gasteiger partial charge is 0.234 e. The van der Waals surface area contributed by atoms with Crippen molar-refractivity contribution in [2.75, 3.05) is 6.61 Å². The molecule has 26 heavy (non-hydrogen) atoms. The van der Waals surface area contributed by atoms with Gasteiger partial charge in [-0.2, -0.15) is 5.26 Å². The van der Waals surface area contributed by atoms with E-state index in [1.165, 1.54) is 64.2 Å². The third-order valence-electron chi connectivity index (χ3n) is 4.50. The van der Waals surface area contributed by atoms with Gasteiger partial charge in [-0.15, -0.1) is 0 Å². The van der Waals surface area contributed by atoms with E-state index in [1.54, 1.807) is 12.1 Å². The first-order valence-electron chi connectivity index (χ1n) is 10.3. The highest BCUT2D eigenvalue weighted by molar-refractivity contribution is 5.78. The van der Waals surface area contributed by atoms with Crippen molar-refractivity contribution in [3.8, 4) is 6.07 Å². The van der Waals surface area contributed by atoms with Crippen molar-refractivity contribution in [3.05, 3.63) is 12.2 Å². The fourth-order valence-corrected chi connectivity index (χ4v) is 2.86. The first-order chi connectivity index (χ1) is 12.7. The molecule has 3 N–H and O–H groups in total. The monoisotopic (exact) mass is 366 g/mol. The highest BCUT2D eigenvalue weighted by atomic mass is 16.3. The highest BCUT2D eigenvalue weighted by Crippen LogP contribution is 2.12. The van der Waals surface area contributed by atoms with Gasteiger partial charge in [-0.05, 0) is 12.8 Å². The lowest BCUT2D eigenvalue weighted by Gasteiger charge is -2.19. The summed E-state index contributed by atoms with van der Waals surface area (Å²) in [6, 6.07) is 0.978. The number of allylic oxidation sites excluding steroid dienone is 1.